The highest BCUT2D eigenvalue weighted by Crippen LogP contribution is 2.15. The molecule has 0 unspecified atom stereocenters. The fraction of sp³-hybridized carbons (Fsp3) is 0.100. The summed E-state index contributed by atoms with van der Waals surface area (Å²) in [6.45, 7) is 0. The second kappa shape index (κ2) is 4.63. The van der Waals surface area contributed by atoms with Gasteiger partial charge in [0.2, 0.25) is 0 Å². The molecule has 0 saturated carbocycles. The number of aldehydes is 1. The fourth-order valence-electron chi connectivity index (χ4n) is 1.07. The highest BCUT2D eigenvalue weighted by molar-refractivity contribution is 5.65. The topological polar surface area (TPSA) is 43.1 Å². The molecule has 5 heteroatoms. The average Bonchev–Trinajstić information content (AvgIpc) is 2.14. The smallest absolute Gasteiger partial charge is 0.161 e. The Balaban J connectivity index is 3.00. The van der Waals surface area contributed by atoms with Gasteiger partial charge in [0.1, 0.15) is 12.1 Å². The first-order chi connectivity index (χ1) is 7.04. The number of rotatable bonds is 3. The molecule has 0 amide bonds. The van der Waals surface area contributed by atoms with Crippen molar-refractivity contribution in [3.63, 3.8) is 0 Å². The average molecular weight is 215 g/mol. The number of allylic oxidation sites excluding steroid dienone is 2. The van der Waals surface area contributed by atoms with Gasteiger partial charge in [-0.25, -0.2) is 13.2 Å². The van der Waals surface area contributed by atoms with Crippen LogP contribution in [0, 0.1) is 17.5 Å². The lowest BCUT2D eigenvalue weighted by Gasteiger charge is -2.03. The van der Waals surface area contributed by atoms with Crippen molar-refractivity contribution in [1.29, 1.82) is 0 Å². The van der Waals surface area contributed by atoms with E-state index < -0.39 is 17.5 Å². The second-order valence-electron chi connectivity index (χ2n) is 2.91. The Bertz CT molecular complexity index is 415. The van der Waals surface area contributed by atoms with E-state index in [9.17, 15) is 18.0 Å². The van der Waals surface area contributed by atoms with Crippen LogP contribution in [-0.2, 0) is 11.2 Å². The Morgan fingerprint density at radius 3 is 2.40 bits per heavy atom. The first kappa shape index (κ1) is 11.3. The molecule has 0 aromatic heterocycles. The zero-order valence-electron chi connectivity index (χ0n) is 7.64. The molecule has 2 N–H and O–H groups in total. The lowest BCUT2D eigenvalue weighted by Crippen LogP contribution is -2.04. The summed E-state index contributed by atoms with van der Waals surface area (Å²) in [5.74, 6) is -3.30. The van der Waals surface area contributed by atoms with E-state index in [4.69, 9.17) is 5.73 Å². The summed E-state index contributed by atoms with van der Waals surface area (Å²) >= 11 is 0. The van der Waals surface area contributed by atoms with Crippen molar-refractivity contribution in [3.8, 4) is 0 Å². The highest BCUT2D eigenvalue weighted by atomic mass is 19.2. The SMILES string of the molecule is N/C(=C\C=O)Cc1cc(F)c(F)cc1F. The van der Waals surface area contributed by atoms with Crippen LogP contribution in [0.4, 0.5) is 13.2 Å². The lowest BCUT2D eigenvalue weighted by molar-refractivity contribution is -0.104. The van der Waals surface area contributed by atoms with Crippen LogP contribution in [0.15, 0.2) is 23.9 Å². The number of benzene rings is 1. The van der Waals surface area contributed by atoms with E-state index in [2.05, 4.69) is 0 Å². The Morgan fingerprint density at radius 1 is 1.20 bits per heavy atom. The van der Waals surface area contributed by atoms with Crippen molar-refractivity contribution in [1.82, 2.24) is 0 Å². The predicted molar refractivity (Wildman–Crippen MR) is 48.4 cm³/mol. The van der Waals surface area contributed by atoms with Gasteiger partial charge in [-0.15, -0.1) is 0 Å². The van der Waals surface area contributed by atoms with Gasteiger partial charge in [-0.05, 0) is 17.7 Å². The summed E-state index contributed by atoms with van der Waals surface area (Å²) in [5, 5.41) is 0. The molecule has 0 aliphatic heterocycles. The van der Waals surface area contributed by atoms with Gasteiger partial charge in [-0.1, -0.05) is 0 Å². The van der Waals surface area contributed by atoms with Gasteiger partial charge in [-0.3, -0.25) is 4.79 Å². The maximum atomic E-state index is 13.1. The van der Waals surface area contributed by atoms with E-state index in [0.717, 1.165) is 12.1 Å². The van der Waals surface area contributed by atoms with Gasteiger partial charge >= 0.3 is 0 Å². The summed E-state index contributed by atoms with van der Waals surface area (Å²) in [7, 11) is 0. The van der Waals surface area contributed by atoms with Crippen LogP contribution in [0.5, 0.6) is 0 Å². The molecule has 0 spiro atoms. The maximum absolute atomic E-state index is 13.1. The predicted octanol–water partition coefficient (Wildman–Crippen LogP) is 1.69. The third-order valence-electron chi connectivity index (χ3n) is 1.77. The molecule has 80 valence electrons. The van der Waals surface area contributed by atoms with Crippen LogP contribution in [0.3, 0.4) is 0 Å². The zero-order chi connectivity index (χ0) is 11.4. The third-order valence-corrected chi connectivity index (χ3v) is 1.77. The Morgan fingerprint density at radius 2 is 1.80 bits per heavy atom. The summed E-state index contributed by atoms with van der Waals surface area (Å²) < 4.78 is 38.3. The summed E-state index contributed by atoms with van der Waals surface area (Å²) in [6.07, 6.45) is 1.33. The Hall–Kier alpha value is -1.78. The molecule has 0 radical (unpaired) electrons. The van der Waals surface area contributed by atoms with E-state index in [1.54, 1.807) is 0 Å². The molecule has 1 aromatic rings. The Kier molecular flexibility index (Phi) is 3.49. The second-order valence-corrected chi connectivity index (χ2v) is 2.91. The van der Waals surface area contributed by atoms with Gasteiger partial charge < -0.3 is 5.73 Å². The van der Waals surface area contributed by atoms with Crippen molar-refractivity contribution in [2.75, 3.05) is 0 Å². The van der Waals surface area contributed by atoms with Gasteiger partial charge in [0, 0.05) is 18.2 Å². The molecule has 15 heavy (non-hydrogen) atoms. The molecule has 0 saturated heterocycles. The van der Waals surface area contributed by atoms with Gasteiger partial charge in [0.25, 0.3) is 0 Å². The number of nitrogens with two attached hydrogens (primary N) is 1. The van der Waals surface area contributed by atoms with Crippen LogP contribution in [-0.4, -0.2) is 6.29 Å². The van der Waals surface area contributed by atoms with E-state index in [1.807, 2.05) is 0 Å². The number of hydrogen-bond acceptors (Lipinski definition) is 2. The van der Waals surface area contributed by atoms with Crippen LogP contribution >= 0.6 is 0 Å². The Labute approximate surface area is 84.2 Å². The molecule has 0 heterocycles. The van der Waals surface area contributed by atoms with Crippen molar-refractivity contribution in [2.24, 2.45) is 5.73 Å². The van der Waals surface area contributed by atoms with E-state index >= 15 is 0 Å². The normalized spacial score (nSPS) is 11.5. The van der Waals surface area contributed by atoms with E-state index in [-0.39, 0.29) is 17.7 Å². The maximum Gasteiger partial charge on any atom is 0.161 e. The lowest BCUT2D eigenvalue weighted by atomic mass is 10.1. The number of carbonyl (C=O) groups is 1. The molecule has 1 rings (SSSR count). The molecule has 1 aromatic carbocycles. The van der Waals surface area contributed by atoms with Crippen molar-refractivity contribution in [3.05, 3.63) is 46.9 Å². The summed E-state index contributed by atoms with van der Waals surface area (Å²) in [6, 6.07) is 1.16. The molecule has 0 fully saturated rings. The van der Waals surface area contributed by atoms with Gasteiger partial charge in [-0.2, -0.15) is 0 Å². The minimum absolute atomic E-state index is 0.0786. The quantitative estimate of drug-likeness (QED) is 0.473. The minimum Gasteiger partial charge on any atom is -0.402 e. The summed E-state index contributed by atoms with van der Waals surface area (Å²) in [5.41, 5.74) is 5.31. The zero-order valence-corrected chi connectivity index (χ0v) is 7.64. The molecular formula is C10H8F3NO. The number of halogens is 3. The molecule has 0 aliphatic carbocycles. The molecule has 2 nitrogen and oxygen atoms in total. The molecule has 0 bridgehead atoms. The van der Waals surface area contributed by atoms with Gasteiger partial charge in [0.15, 0.2) is 11.6 Å². The minimum atomic E-state index is -1.26. The number of carbonyl (C=O) groups excluding carboxylic acids is 1. The van der Waals surface area contributed by atoms with Gasteiger partial charge in [0.05, 0.1) is 0 Å². The van der Waals surface area contributed by atoms with Crippen molar-refractivity contribution >= 4 is 6.29 Å². The summed E-state index contributed by atoms with van der Waals surface area (Å²) in [4.78, 5) is 10.0. The molecular weight excluding hydrogens is 207 g/mol. The van der Waals surface area contributed by atoms with Crippen molar-refractivity contribution < 1.29 is 18.0 Å². The highest BCUT2D eigenvalue weighted by Gasteiger charge is 2.09. The monoisotopic (exact) mass is 215 g/mol. The molecule has 0 atom stereocenters. The first-order valence-corrected chi connectivity index (χ1v) is 4.08. The largest absolute Gasteiger partial charge is 0.402 e. The number of hydrogen-bond donors (Lipinski definition) is 1. The first-order valence-electron chi connectivity index (χ1n) is 4.08. The van der Waals surface area contributed by atoms with Crippen LogP contribution in [0.25, 0.3) is 0 Å². The molecule has 0 aliphatic rings. The van der Waals surface area contributed by atoms with Crippen LogP contribution < -0.4 is 5.73 Å². The standard InChI is InChI=1S/C10H8F3NO/c11-8-5-10(13)9(12)4-6(8)3-7(14)1-2-15/h1-2,4-5H,3,14H2/b7-1-. The third kappa shape index (κ3) is 2.83. The van der Waals surface area contributed by atoms with E-state index in [1.165, 1.54) is 0 Å². The van der Waals surface area contributed by atoms with Crippen LogP contribution in [0.2, 0.25) is 0 Å². The van der Waals surface area contributed by atoms with Crippen molar-refractivity contribution in [2.45, 2.75) is 6.42 Å². The fourth-order valence-corrected chi connectivity index (χ4v) is 1.07. The van der Waals surface area contributed by atoms with E-state index in [0.29, 0.717) is 12.4 Å². The van der Waals surface area contributed by atoms with Crippen LogP contribution in [0.1, 0.15) is 5.56 Å².